The van der Waals surface area contributed by atoms with E-state index >= 15 is 0 Å². The van der Waals surface area contributed by atoms with E-state index in [-0.39, 0.29) is 0 Å². The molecule has 1 aliphatic rings. The molecular weight excluding hydrogens is 234 g/mol. The monoisotopic (exact) mass is 259 g/mol. The van der Waals surface area contributed by atoms with Crippen molar-refractivity contribution < 1.29 is 4.74 Å². The molecule has 0 saturated heterocycles. The molecule has 0 aliphatic heterocycles. The van der Waals surface area contributed by atoms with Crippen LogP contribution in [0.15, 0.2) is 30.4 Å². The summed E-state index contributed by atoms with van der Waals surface area (Å²) in [6, 6.07) is 7.10. The summed E-state index contributed by atoms with van der Waals surface area (Å²) in [7, 11) is 0. The lowest BCUT2D eigenvalue weighted by Crippen LogP contribution is -2.25. The van der Waals surface area contributed by atoms with Gasteiger partial charge in [-0.15, -0.1) is 0 Å². The number of hydrogen-bond donors (Lipinski definition) is 1. The van der Waals surface area contributed by atoms with Crippen molar-refractivity contribution in [2.24, 2.45) is 0 Å². The van der Waals surface area contributed by atoms with E-state index < -0.39 is 0 Å². The molecule has 1 N–H and O–H groups in total. The van der Waals surface area contributed by atoms with Gasteiger partial charge >= 0.3 is 0 Å². The Morgan fingerprint density at radius 2 is 2.32 bits per heavy atom. The molecule has 0 fully saturated rings. The van der Waals surface area contributed by atoms with Crippen molar-refractivity contribution in [3.8, 4) is 5.75 Å². The molecule has 1 aromatic carbocycles. The number of rotatable bonds is 6. The topological polar surface area (TPSA) is 21.3 Å². The van der Waals surface area contributed by atoms with E-state index in [9.17, 15) is 0 Å². The first-order valence-corrected chi connectivity index (χ1v) is 7.45. The van der Waals surface area contributed by atoms with Crippen molar-refractivity contribution in [3.05, 3.63) is 41.5 Å². The fourth-order valence-electron chi connectivity index (χ4n) is 2.65. The number of aryl methyl sites for hydroxylation is 1. The molecule has 0 saturated carbocycles. The maximum absolute atomic E-state index is 5.72. The Morgan fingerprint density at radius 1 is 1.42 bits per heavy atom. The quantitative estimate of drug-likeness (QED) is 0.779. The first-order valence-electron chi connectivity index (χ1n) is 7.45. The molecule has 0 aromatic heterocycles. The number of hydrogen-bond acceptors (Lipinski definition) is 2. The molecular formula is C17H25NO. The van der Waals surface area contributed by atoms with Gasteiger partial charge in [-0.1, -0.05) is 25.1 Å². The first-order chi connectivity index (χ1) is 9.35. The third-order valence-electron chi connectivity index (χ3n) is 3.65. The molecule has 1 atom stereocenters. The summed E-state index contributed by atoms with van der Waals surface area (Å²) >= 11 is 0. The van der Waals surface area contributed by atoms with Crippen LogP contribution in [0.4, 0.5) is 0 Å². The average Bonchev–Trinajstić information content (AvgIpc) is 2.45. The van der Waals surface area contributed by atoms with Crippen LogP contribution < -0.4 is 10.1 Å². The zero-order valence-corrected chi connectivity index (χ0v) is 12.1. The lowest BCUT2D eigenvalue weighted by atomic mass is 9.87. The van der Waals surface area contributed by atoms with Crippen LogP contribution in [-0.4, -0.2) is 13.2 Å². The fourth-order valence-corrected chi connectivity index (χ4v) is 2.65. The maximum Gasteiger partial charge on any atom is 0.120 e. The van der Waals surface area contributed by atoms with Crippen molar-refractivity contribution in [2.45, 2.75) is 45.6 Å². The Hall–Kier alpha value is -1.28. The summed E-state index contributed by atoms with van der Waals surface area (Å²) in [6.07, 6.45) is 8.95. The van der Waals surface area contributed by atoms with E-state index in [1.807, 2.05) is 19.1 Å². The molecule has 0 spiro atoms. The largest absolute Gasteiger partial charge is 0.490 e. The van der Waals surface area contributed by atoms with Gasteiger partial charge in [-0.2, -0.15) is 0 Å². The van der Waals surface area contributed by atoms with Crippen LogP contribution in [0.5, 0.6) is 5.75 Å². The van der Waals surface area contributed by atoms with Gasteiger partial charge in [0.25, 0.3) is 0 Å². The SMILES string of the molecule is CC=CCOc1ccc2c(c1)CCCC2NCCC. The maximum atomic E-state index is 5.72. The highest BCUT2D eigenvalue weighted by Crippen LogP contribution is 2.32. The Kier molecular flexibility index (Phi) is 5.46. The molecule has 1 unspecified atom stereocenters. The zero-order chi connectivity index (χ0) is 13.5. The van der Waals surface area contributed by atoms with E-state index in [1.54, 1.807) is 0 Å². The van der Waals surface area contributed by atoms with Gasteiger partial charge in [0, 0.05) is 6.04 Å². The first kappa shape index (κ1) is 14.1. The lowest BCUT2D eigenvalue weighted by molar-refractivity contribution is 0.361. The van der Waals surface area contributed by atoms with E-state index in [2.05, 4.69) is 30.4 Å². The van der Waals surface area contributed by atoms with Crippen LogP contribution in [0.25, 0.3) is 0 Å². The molecule has 1 aliphatic carbocycles. The summed E-state index contributed by atoms with van der Waals surface area (Å²) in [6.45, 7) is 5.99. The zero-order valence-electron chi connectivity index (χ0n) is 12.1. The van der Waals surface area contributed by atoms with E-state index in [1.165, 1.54) is 36.8 Å². The molecule has 2 heteroatoms. The van der Waals surface area contributed by atoms with Crippen molar-refractivity contribution in [1.29, 1.82) is 0 Å². The highest BCUT2D eigenvalue weighted by molar-refractivity contribution is 5.39. The van der Waals surface area contributed by atoms with E-state index in [0.717, 1.165) is 12.3 Å². The van der Waals surface area contributed by atoms with Crippen LogP contribution in [-0.2, 0) is 6.42 Å². The van der Waals surface area contributed by atoms with Gasteiger partial charge in [0.15, 0.2) is 0 Å². The van der Waals surface area contributed by atoms with Crippen LogP contribution in [0, 0.1) is 0 Å². The van der Waals surface area contributed by atoms with Gasteiger partial charge in [-0.25, -0.2) is 0 Å². The van der Waals surface area contributed by atoms with Gasteiger partial charge in [0.1, 0.15) is 12.4 Å². The van der Waals surface area contributed by atoms with Crippen LogP contribution in [0.1, 0.15) is 50.3 Å². The van der Waals surface area contributed by atoms with Crippen molar-refractivity contribution in [2.75, 3.05) is 13.2 Å². The Morgan fingerprint density at radius 3 is 3.11 bits per heavy atom. The third kappa shape index (κ3) is 3.84. The summed E-state index contributed by atoms with van der Waals surface area (Å²) in [5.74, 6) is 0.994. The molecule has 0 amide bonds. The van der Waals surface area contributed by atoms with Gasteiger partial charge in [0.05, 0.1) is 0 Å². The minimum Gasteiger partial charge on any atom is -0.490 e. The van der Waals surface area contributed by atoms with Crippen LogP contribution in [0.3, 0.4) is 0 Å². The molecule has 2 nitrogen and oxygen atoms in total. The minimum absolute atomic E-state index is 0.535. The second kappa shape index (κ2) is 7.34. The Labute approximate surface area is 116 Å². The highest BCUT2D eigenvalue weighted by atomic mass is 16.5. The molecule has 2 rings (SSSR count). The summed E-state index contributed by atoms with van der Waals surface area (Å²) in [5, 5.41) is 3.65. The lowest BCUT2D eigenvalue weighted by Gasteiger charge is -2.27. The fraction of sp³-hybridized carbons (Fsp3) is 0.529. The molecule has 0 radical (unpaired) electrons. The van der Waals surface area contributed by atoms with Gasteiger partial charge in [-0.05, 0) is 62.4 Å². The predicted octanol–water partition coefficient (Wildman–Crippen LogP) is 4.02. The normalized spacial score (nSPS) is 18.5. The van der Waals surface area contributed by atoms with Gasteiger partial charge in [0.2, 0.25) is 0 Å². The Bertz CT molecular complexity index is 425. The number of nitrogens with one attached hydrogen (secondary N) is 1. The Balaban J connectivity index is 2.06. The van der Waals surface area contributed by atoms with Crippen molar-refractivity contribution in [1.82, 2.24) is 5.32 Å². The summed E-state index contributed by atoms with van der Waals surface area (Å²) < 4.78 is 5.72. The van der Waals surface area contributed by atoms with Gasteiger partial charge < -0.3 is 10.1 Å². The van der Waals surface area contributed by atoms with Crippen LogP contribution >= 0.6 is 0 Å². The van der Waals surface area contributed by atoms with Crippen molar-refractivity contribution >= 4 is 0 Å². The number of allylic oxidation sites excluding steroid dienone is 1. The second-order valence-corrected chi connectivity index (χ2v) is 5.14. The van der Waals surface area contributed by atoms with Crippen LogP contribution in [0.2, 0.25) is 0 Å². The van der Waals surface area contributed by atoms with E-state index in [4.69, 9.17) is 4.74 Å². The molecule has 19 heavy (non-hydrogen) atoms. The number of benzene rings is 1. The molecule has 0 heterocycles. The number of ether oxygens (including phenoxy) is 1. The number of fused-ring (bicyclic) bond motifs is 1. The van der Waals surface area contributed by atoms with Crippen molar-refractivity contribution in [3.63, 3.8) is 0 Å². The summed E-state index contributed by atoms with van der Waals surface area (Å²) in [5.41, 5.74) is 2.93. The van der Waals surface area contributed by atoms with Gasteiger partial charge in [-0.3, -0.25) is 0 Å². The van der Waals surface area contributed by atoms with E-state index in [0.29, 0.717) is 12.6 Å². The third-order valence-corrected chi connectivity index (χ3v) is 3.65. The summed E-state index contributed by atoms with van der Waals surface area (Å²) in [4.78, 5) is 0. The molecule has 1 aromatic rings. The minimum atomic E-state index is 0.535. The standard InChI is InChI=1S/C17H25NO/c1-3-5-12-19-15-9-10-16-14(13-15)7-6-8-17(16)18-11-4-2/h3,5,9-10,13,17-18H,4,6-8,11-12H2,1-2H3. The molecule has 104 valence electrons. The average molecular weight is 259 g/mol. The molecule has 0 bridgehead atoms. The predicted molar refractivity (Wildman–Crippen MR) is 80.7 cm³/mol. The second-order valence-electron chi connectivity index (χ2n) is 5.14. The smallest absolute Gasteiger partial charge is 0.120 e. The highest BCUT2D eigenvalue weighted by Gasteiger charge is 2.19.